The lowest BCUT2D eigenvalue weighted by Gasteiger charge is -2.41. The van der Waals surface area contributed by atoms with Crippen molar-refractivity contribution in [2.75, 3.05) is 26.4 Å². The maximum Gasteiger partial charge on any atom is 0.397 e. The summed E-state index contributed by atoms with van der Waals surface area (Å²) in [4.78, 5) is 12.9. The highest BCUT2D eigenvalue weighted by molar-refractivity contribution is 7.80. The van der Waals surface area contributed by atoms with E-state index in [9.17, 15) is 33.1 Å². The third-order valence-corrected chi connectivity index (χ3v) is 12.4. The van der Waals surface area contributed by atoms with Crippen LogP contribution in [0.3, 0.4) is 0 Å². The Morgan fingerprint density at radius 2 is 1.03 bits per heavy atom. The van der Waals surface area contributed by atoms with Crippen molar-refractivity contribution >= 4 is 16.4 Å². The van der Waals surface area contributed by atoms with Crippen LogP contribution in [-0.2, 0) is 38.3 Å². The van der Waals surface area contributed by atoms with E-state index >= 15 is 0 Å². The van der Waals surface area contributed by atoms with Gasteiger partial charge in [-0.2, -0.15) is 8.42 Å². The largest absolute Gasteiger partial charge is 0.457 e. The SMILES string of the molecule is CC/C=C\C/C=C\C/C=C\C/C=C\C/C=C\CCCCCCCCCCCCOCC(COC1OC(CO)C(O)C(OS(=O)(=O)O)C1O)OC(=O)CCCCCCCCCCCCCCCC. The number of carbonyl (C=O) groups excluding carboxylic acids is 1. The molecule has 1 aliphatic heterocycles. The van der Waals surface area contributed by atoms with Gasteiger partial charge in [-0.25, -0.2) is 4.18 Å². The smallest absolute Gasteiger partial charge is 0.397 e. The number of hydrogen-bond acceptors (Lipinski definition) is 11. The van der Waals surface area contributed by atoms with Crippen LogP contribution in [0, 0.1) is 0 Å². The van der Waals surface area contributed by atoms with Gasteiger partial charge < -0.3 is 34.3 Å². The van der Waals surface area contributed by atoms with Crippen LogP contribution in [-0.4, -0.2) is 97.5 Å². The fourth-order valence-electron chi connectivity index (χ4n) is 7.94. The summed E-state index contributed by atoms with van der Waals surface area (Å²) >= 11 is 0. The Kier molecular flexibility index (Phi) is 42.2. The van der Waals surface area contributed by atoms with Crippen LogP contribution in [0.4, 0.5) is 0 Å². The number of hydrogen-bond donors (Lipinski definition) is 4. The monoisotopic (exact) mass is 969 g/mol. The fourth-order valence-corrected chi connectivity index (χ4v) is 8.44. The van der Waals surface area contributed by atoms with Crippen LogP contribution in [0.2, 0.25) is 0 Å². The van der Waals surface area contributed by atoms with Crippen molar-refractivity contribution in [2.24, 2.45) is 0 Å². The number of unbranched alkanes of at least 4 members (excludes halogenated alkanes) is 23. The second kappa shape index (κ2) is 45.0. The maximum atomic E-state index is 12.9. The topological polar surface area (TPSA) is 178 Å². The number of allylic oxidation sites excluding steroid dienone is 10. The Morgan fingerprint density at radius 1 is 0.582 bits per heavy atom. The molecule has 67 heavy (non-hydrogen) atoms. The molecule has 0 spiro atoms. The van der Waals surface area contributed by atoms with E-state index < -0.39 is 59.8 Å². The highest BCUT2D eigenvalue weighted by Crippen LogP contribution is 2.26. The number of aliphatic hydroxyl groups excluding tert-OH is 3. The van der Waals surface area contributed by atoms with E-state index in [-0.39, 0.29) is 19.6 Å². The Balaban J connectivity index is 2.31. The van der Waals surface area contributed by atoms with Crippen LogP contribution in [0.5, 0.6) is 0 Å². The zero-order valence-electron chi connectivity index (χ0n) is 41.9. The zero-order chi connectivity index (χ0) is 48.9. The van der Waals surface area contributed by atoms with Gasteiger partial charge in [0.15, 0.2) is 6.29 Å². The van der Waals surface area contributed by atoms with Crippen molar-refractivity contribution in [3.63, 3.8) is 0 Å². The Labute approximate surface area is 408 Å². The number of ether oxygens (including phenoxy) is 4. The van der Waals surface area contributed by atoms with Gasteiger partial charge in [-0.3, -0.25) is 9.35 Å². The molecule has 0 saturated carbocycles. The molecule has 1 aliphatic rings. The van der Waals surface area contributed by atoms with E-state index in [0.717, 1.165) is 77.0 Å². The number of carbonyl (C=O) groups is 1. The van der Waals surface area contributed by atoms with Crippen LogP contribution < -0.4 is 0 Å². The van der Waals surface area contributed by atoms with Crippen molar-refractivity contribution in [3.8, 4) is 0 Å². The lowest BCUT2D eigenvalue weighted by Crippen LogP contribution is -2.60. The summed E-state index contributed by atoms with van der Waals surface area (Å²) in [5, 5.41) is 30.8. The first-order valence-corrected chi connectivity index (χ1v) is 27.9. The molecule has 1 fully saturated rings. The molecule has 12 nitrogen and oxygen atoms in total. The molecular weight excluding hydrogens is 873 g/mol. The Morgan fingerprint density at radius 3 is 1.51 bits per heavy atom. The molecule has 0 aromatic rings. The molecule has 1 heterocycles. The highest BCUT2D eigenvalue weighted by Gasteiger charge is 2.48. The molecule has 6 atom stereocenters. The first-order valence-electron chi connectivity index (χ1n) is 26.5. The van der Waals surface area contributed by atoms with Gasteiger partial charge in [-0.15, -0.1) is 0 Å². The standard InChI is InChI=1S/C54H96O12S/c1-3-5-7-9-11-13-15-17-19-20-21-22-23-24-25-26-27-28-29-30-32-34-36-38-40-42-44-62-46-48(47-63-54-52(58)53(66-67(59,60)61)51(57)49(45-55)65-54)64-50(56)43-41-39-37-35-33-31-18-16-14-12-10-8-6-4-2/h5,7,11,13,17,19,21-22,24-25,48-49,51-55,57-58H,3-4,6,8-10,12,14-16,18,20,23,26-47H2,1-2H3,(H,59,60,61)/b7-5-,13-11-,19-17-,22-21-,25-24-. The second-order valence-electron chi connectivity index (χ2n) is 18.1. The van der Waals surface area contributed by atoms with Crippen molar-refractivity contribution in [1.29, 1.82) is 0 Å². The normalized spacial score (nSPS) is 19.9. The van der Waals surface area contributed by atoms with Gasteiger partial charge in [0.05, 0.1) is 19.8 Å². The molecule has 390 valence electrons. The molecule has 0 amide bonds. The Hall–Kier alpha value is -2.20. The molecule has 13 heteroatoms. The lowest BCUT2D eigenvalue weighted by atomic mass is 9.99. The van der Waals surface area contributed by atoms with Gasteiger partial charge in [0.2, 0.25) is 0 Å². The zero-order valence-corrected chi connectivity index (χ0v) is 42.8. The van der Waals surface area contributed by atoms with E-state index in [1.165, 1.54) is 109 Å². The number of aliphatic hydroxyl groups is 3. The van der Waals surface area contributed by atoms with Gasteiger partial charge in [0.1, 0.15) is 30.5 Å². The molecular formula is C54H96O12S. The molecule has 4 N–H and O–H groups in total. The predicted molar refractivity (Wildman–Crippen MR) is 271 cm³/mol. The van der Waals surface area contributed by atoms with Gasteiger partial charge in [0, 0.05) is 13.0 Å². The molecule has 1 rings (SSSR count). The van der Waals surface area contributed by atoms with Crippen LogP contribution in [0.1, 0.15) is 213 Å². The van der Waals surface area contributed by atoms with Gasteiger partial charge in [0.25, 0.3) is 0 Å². The molecule has 0 bridgehead atoms. The van der Waals surface area contributed by atoms with Crippen molar-refractivity contribution in [3.05, 3.63) is 60.8 Å². The molecule has 0 aromatic heterocycles. The summed E-state index contributed by atoms with van der Waals surface area (Å²) < 4.78 is 59.3. The van der Waals surface area contributed by atoms with Crippen LogP contribution in [0.25, 0.3) is 0 Å². The van der Waals surface area contributed by atoms with Gasteiger partial charge in [-0.05, 0) is 57.8 Å². The lowest BCUT2D eigenvalue weighted by molar-refractivity contribution is -0.301. The van der Waals surface area contributed by atoms with Crippen molar-refractivity contribution in [2.45, 2.75) is 250 Å². The van der Waals surface area contributed by atoms with E-state index in [0.29, 0.717) is 13.0 Å². The quantitative estimate of drug-likeness (QED) is 0.0197. The van der Waals surface area contributed by atoms with Gasteiger partial charge >= 0.3 is 16.4 Å². The number of rotatable bonds is 46. The number of esters is 1. The summed E-state index contributed by atoms with van der Waals surface area (Å²) in [6, 6.07) is 0. The highest BCUT2D eigenvalue weighted by atomic mass is 32.3. The first kappa shape index (κ1) is 62.8. The summed E-state index contributed by atoms with van der Waals surface area (Å²) in [6.45, 7) is 3.88. The van der Waals surface area contributed by atoms with E-state index in [2.05, 4.69) is 78.8 Å². The van der Waals surface area contributed by atoms with E-state index in [1.807, 2.05) is 0 Å². The Bertz CT molecular complexity index is 1400. The van der Waals surface area contributed by atoms with Crippen LogP contribution >= 0.6 is 0 Å². The van der Waals surface area contributed by atoms with Crippen LogP contribution in [0.15, 0.2) is 60.8 Å². The minimum atomic E-state index is -5.07. The molecule has 0 radical (unpaired) electrons. The van der Waals surface area contributed by atoms with E-state index in [1.54, 1.807) is 0 Å². The third kappa shape index (κ3) is 38.3. The summed E-state index contributed by atoms with van der Waals surface area (Å²) in [7, 11) is -5.07. The van der Waals surface area contributed by atoms with Crippen molar-refractivity contribution < 1.29 is 56.2 Å². The first-order chi connectivity index (χ1) is 32.6. The van der Waals surface area contributed by atoms with Gasteiger partial charge in [-0.1, -0.05) is 209 Å². The van der Waals surface area contributed by atoms with E-state index in [4.69, 9.17) is 18.9 Å². The minimum Gasteiger partial charge on any atom is -0.457 e. The summed E-state index contributed by atoms with van der Waals surface area (Å²) in [6.07, 6.45) is 48.2. The predicted octanol–water partition coefficient (Wildman–Crippen LogP) is 12.5. The third-order valence-electron chi connectivity index (χ3n) is 11.9. The molecule has 0 aromatic carbocycles. The second-order valence-corrected chi connectivity index (χ2v) is 19.1. The average molecular weight is 969 g/mol. The average Bonchev–Trinajstić information content (AvgIpc) is 3.30. The molecule has 0 aliphatic carbocycles. The maximum absolute atomic E-state index is 12.9. The summed E-state index contributed by atoms with van der Waals surface area (Å²) in [5.41, 5.74) is 0. The molecule has 1 saturated heterocycles. The molecule has 6 unspecified atom stereocenters. The minimum absolute atomic E-state index is 0.0331. The summed E-state index contributed by atoms with van der Waals surface area (Å²) in [5.74, 6) is -0.400. The fraction of sp³-hybridized carbons (Fsp3) is 0.796. The van der Waals surface area contributed by atoms with Crippen molar-refractivity contribution in [1.82, 2.24) is 0 Å².